The van der Waals surface area contributed by atoms with Crippen LogP contribution in [-0.2, 0) is 12.8 Å². The highest BCUT2D eigenvalue weighted by Gasteiger charge is 2.14. The maximum absolute atomic E-state index is 10.8. The molecule has 0 bridgehead atoms. The first-order valence-electron chi connectivity index (χ1n) is 6.45. The second-order valence-electron chi connectivity index (χ2n) is 4.74. The summed E-state index contributed by atoms with van der Waals surface area (Å²) in [5, 5.41) is 12.0. The zero-order valence-corrected chi connectivity index (χ0v) is 10.5. The van der Waals surface area contributed by atoms with Crippen LogP contribution in [0.4, 0.5) is 11.6 Å². The van der Waals surface area contributed by atoms with E-state index in [1.807, 2.05) is 12.1 Å². The van der Waals surface area contributed by atoms with Gasteiger partial charge in [0.25, 0.3) is 0 Å². The minimum Gasteiger partial charge on any atom is -0.475 e. The van der Waals surface area contributed by atoms with Gasteiger partial charge in [0.2, 0.25) is 5.76 Å². The molecule has 4 heteroatoms. The molecule has 1 aliphatic carbocycles. The summed E-state index contributed by atoms with van der Waals surface area (Å²) in [7, 11) is 0. The third kappa shape index (κ3) is 2.34. The minimum atomic E-state index is -1.05. The van der Waals surface area contributed by atoms with Crippen LogP contribution in [0, 0.1) is 0 Å². The van der Waals surface area contributed by atoms with Crippen LogP contribution in [0.3, 0.4) is 0 Å². The third-order valence-electron chi connectivity index (χ3n) is 3.47. The molecule has 0 aliphatic heterocycles. The molecule has 1 heterocycles. The number of rotatable bonds is 3. The lowest BCUT2D eigenvalue weighted by Gasteiger charge is -2.19. The normalized spacial score (nSPS) is 13.9. The predicted molar refractivity (Wildman–Crippen MR) is 72.0 cm³/mol. The topological polar surface area (TPSA) is 62.5 Å². The maximum atomic E-state index is 10.8. The lowest BCUT2D eigenvalue weighted by atomic mass is 9.90. The van der Waals surface area contributed by atoms with Crippen LogP contribution in [0.25, 0.3) is 0 Å². The molecule has 2 N–H and O–H groups in total. The van der Waals surface area contributed by atoms with Crippen molar-refractivity contribution < 1.29 is 14.3 Å². The number of anilines is 2. The van der Waals surface area contributed by atoms with Crippen molar-refractivity contribution in [2.75, 3.05) is 5.32 Å². The number of nitrogens with one attached hydrogen (secondary N) is 1. The van der Waals surface area contributed by atoms with Crippen molar-refractivity contribution in [1.82, 2.24) is 0 Å². The Kier molecular flexibility index (Phi) is 2.99. The fourth-order valence-electron chi connectivity index (χ4n) is 2.55. The molecular formula is C15H15NO3. The van der Waals surface area contributed by atoms with Gasteiger partial charge in [0.1, 0.15) is 0 Å². The number of aromatic carboxylic acids is 1. The molecule has 4 nitrogen and oxygen atoms in total. The van der Waals surface area contributed by atoms with Crippen LogP contribution < -0.4 is 5.32 Å². The number of hydrogen-bond donors (Lipinski definition) is 2. The molecule has 1 aromatic heterocycles. The Labute approximate surface area is 111 Å². The van der Waals surface area contributed by atoms with E-state index in [1.54, 1.807) is 6.07 Å². The van der Waals surface area contributed by atoms with Crippen molar-refractivity contribution >= 4 is 17.5 Å². The van der Waals surface area contributed by atoms with Crippen molar-refractivity contribution in [2.45, 2.75) is 25.7 Å². The van der Waals surface area contributed by atoms with E-state index in [4.69, 9.17) is 9.52 Å². The molecule has 0 amide bonds. The fourth-order valence-corrected chi connectivity index (χ4v) is 2.55. The van der Waals surface area contributed by atoms with E-state index >= 15 is 0 Å². The van der Waals surface area contributed by atoms with E-state index in [-0.39, 0.29) is 5.76 Å². The first kappa shape index (κ1) is 11.8. The van der Waals surface area contributed by atoms with Gasteiger partial charge in [0.05, 0.1) is 0 Å². The average Bonchev–Trinajstić information content (AvgIpc) is 2.88. The number of carbonyl (C=O) groups is 1. The van der Waals surface area contributed by atoms with Gasteiger partial charge in [0, 0.05) is 11.8 Å². The van der Waals surface area contributed by atoms with Crippen LogP contribution in [0.5, 0.6) is 0 Å². The molecule has 1 aromatic carbocycles. The summed E-state index contributed by atoms with van der Waals surface area (Å²) in [4.78, 5) is 10.8. The number of carboxylic acid groups (broad SMARTS) is 1. The SMILES string of the molecule is O=C(O)c1ccc(Nc2cccc3c2CCCC3)o1. The Morgan fingerprint density at radius 3 is 2.79 bits per heavy atom. The summed E-state index contributed by atoms with van der Waals surface area (Å²) >= 11 is 0. The number of furan rings is 1. The Balaban J connectivity index is 1.88. The summed E-state index contributed by atoms with van der Waals surface area (Å²) < 4.78 is 5.23. The quantitative estimate of drug-likeness (QED) is 0.881. The van der Waals surface area contributed by atoms with E-state index in [2.05, 4.69) is 11.4 Å². The summed E-state index contributed by atoms with van der Waals surface area (Å²) in [6, 6.07) is 9.29. The van der Waals surface area contributed by atoms with Gasteiger partial charge >= 0.3 is 5.97 Å². The molecule has 98 valence electrons. The predicted octanol–water partition coefficient (Wildman–Crippen LogP) is 3.60. The molecule has 0 saturated heterocycles. The summed E-state index contributed by atoms with van der Waals surface area (Å²) in [6.45, 7) is 0. The number of hydrogen-bond acceptors (Lipinski definition) is 3. The molecule has 1 aliphatic rings. The molecule has 0 atom stereocenters. The number of benzene rings is 1. The van der Waals surface area contributed by atoms with Crippen LogP contribution >= 0.6 is 0 Å². The smallest absolute Gasteiger partial charge is 0.371 e. The molecular weight excluding hydrogens is 242 g/mol. The highest BCUT2D eigenvalue weighted by atomic mass is 16.4. The van der Waals surface area contributed by atoms with Crippen LogP contribution in [0.1, 0.15) is 34.5 Å². The number of carboxylic acids is 1. The van der Waals surface area contributed by atoms with Crippen LogP contribution in [0.2, 0.25) is 0 Å². The molecule has 0 radical (unpaired) electrons. The minimum absolute atomic E-state index is 0.0488. The average molecular weight is 257 g/mol. The van der Waals surface area contributed by atoms with Gasteiger partial charge in [-0.1, -0.05) is 12.1 Å². The Hall–Kier alpha value is -2.23. The monoisotopic (exact) mass is 257 g/mol. The van der Waals surface area contributed by atoms with Gasteiger partial charge in [-0.05, 0) is 48.9 Å². The summed E-state index contributed by atoms with van der Waals surface area (Å²) in [6.07, 6.45) is 4.61. The van der Waals surface area contributed by atoms with Crippen LogP contribution in [0.15, 0.2) is 34.7 Å². The third-order valence-corrected chi connectivity index (χ3v) is 3.47. The summed E-state index contributed by atoms with van der Waals surface area (Å²) in [5.74, 6) is -0.633. The maximum Gasteiger partial charge on any atom is 0.371 e. The standard InChI is InChI=1S/C15H15NO3/c17-15(18)13-8-9-14(19-13)16-12-7-3-5-10-4-1-2-6-11(10)12/h3,5,7-9,16H,1-2,4,6H2,(H,17,18). The van der Waals surface area contributed by atoms with Crippen molar-refractivity contribution in [3.05, 3.63) is 47.2 Å². The molecule has 3 rings (SSSR count). The molecule has 0 fully saturated rings. The fraction of sp³-hybridized carbons (Fsp3) is 0.267. The van der Waals surface area contributed by atoms with Crippen molar-refractivity contribution in [3.63, 3.8) is 0 Å². The van der Waals surface area contributed by atoms with Crippen LogP contribution in [-0.4, -0.2) is 11.1 Å². The van der Waals surface area contributed by atoms with E-state index in [0.717, 1.165) is 18.5 Å². The van der Waals surface area contributed by atoms with Gasteiger partial charge in [-0.2, -0.15) is 0 Å². The highest BCUT2D eigenvalue weighted by Crippen LogP contribution is 2.30. The Bertz CT molecular complexity index is 616. The Morgan fingerprint density at radius 2 is 2.00 bits per heavy atom. The number of fused-ring (bicyclic) bond motifs is 1. The van der Waals surface area contributed by atoms with E-state index < -0.39 is 5.97 Å². The van der Waals surface area contributed by atoms with Crippen molar-refractivity contribution in [3.8, 4) is 0 Å². The lowest BCUT2D eigenvalue weighted by Crippen LogP contribution is -2.05. The molecule has 0 saturated carbocycles. The molecule has 0 unspecified atom stereocenters. The van der Waals surface area contributed by atoms with E-state index in [0.29, 0.717) is 5.88 Å². The van der Waals surface area contributed by atoms with Gasteiger partial charge in [-0.3, -0.25) is 0 Å². The van der Waals surface area contributed by atoms with Gasteiger partial charge in [-0.25, -0.2) is 4.79 Å². The zero-order valence-electron chi connectivity index (χ0n) is 10.5. The Morgan fingerprint density at radius 1 is 1.16 bits per heavy atom. The van der Waals surface area contributed by atoms with E-state index in [1.165, 1.54) is 30.0 Å². The largest absolute Gasteiger partial charge is 0.475 e. The second kappa shape index (κ2) is 4.80. The van der Waals surface area contributed by atoms with Gasteiger partial charge in [-0.15, -0.1) is 0 Å². The first-order valence-corrected chi connectivity index (χ1v) is 6.45. The molecule has 19 heavy (non-hydrogen) atoms. The van der Waals surface area contributed by atoms with Crippen molar-refractivity contribution in [2.24, 2.45) is 0 Å². The van der Waals surface area contributed by atoms with Crippen molar-refractivity contribution in [1.29, 1.82) is 0 Å². The molecule has 0 spiro atoms. The molecule has 2 aromatic rings. The highest BCUT2D eigenvalue weighted by molar-refractivity contribution is 5.85. The zero-order chi connectivity index (χ0) is 13.2. The van der Waals surface area contributed by atoms with E-state index in [9.17, 15) is 4.79 Å². The first-order chi connectivity index (χ1) is 9.24. The second-order valence-corrected chi connectivity index (χ2v) is 4.74. The number of aryl methyl sites for hydroxylation is 1. The summed E-state index contributed by atoms with van der Waals surface area (Å²) in [5.41, 5.74) is 3.71. The van der Waals surface area contributed by atoms with Gasteiger partial charge in [0.15, 0.2) is 5.88 Å². The lowest BCUT2D eigenvalue weighted by molar-refractivity contribution is 0.0663. The van der Waals surface area contributed by atoms with Gasteiger partial charge < -0.3 is 14.8 Å².